The lowest BCUT2D eigenvalue weighted by Crippen LogP contribution is -2.46. The van der Waals surface area contributed by atoms with Gasteiger partial charge in [-0.15, -0.1) is 0 Å². The van der Waals surface area contributed by atoms with E-state index in [9.17, 15) is 13.2 Å². The van der Waals surface area contributed by atoms with E-state index in [0.717, 1.165) is 0 Å². The number of amides is 1. The number of methoxy groups -OCH3 is 1. The Morgan fingerprint density at radius 2 is 1.60 bits per heavy atom. The molecule has 0 radical (unpaired) electrons. The van der Waals surface area contributed by atoms with Gasteiger partial charge in [-0.25, -0.2) is 8.42 Å². The van der Waals surface area contributed by atoms with E-state index >= 15 is 0 Å². The maximum Gasteiger partial charge on any atom is 0.257 e. The first-order chi connectivity index (χ1) is 14.3. The van der Waals surface area contributed by atoms with Gasteiger partial charge in [0.25, 0.3) is 5.91 Å². The number of hydrogen-bond acceptors (Lipinski definition) is 6. The summed E-state index contributed by atoms with van der Waals surface area (Å²) in [5.74, 6) is 0.295. The minimum absolute atomic E-state index is 0.116. The summed E-state index contributed by atoms with van der Waals surface area (Å²) in [5.41, 5.74) is 1.01. The Balaban J connectivity index is 1.59. The van der Waals surface area contributed by atoms with Crippen molar-refractivity contribution in [3.63, 3.8) is 0 Å². The molecule has 0 bridgehead atoms. The van der Waals surface area contributed by atoms with Crippen molar-refractivity contribution < 1.29 is 17.9 Å². The molecule has 1 fully saturated rings. The van der Waals surface area contributed by atoms with Crippen LogP contribution >= 0.6 is 12.2 Å². The normalized spacial score (nSPS) is 15.4. The molecule has 3 rings (SSSR count). The van der Waals surface area contributed by atoms with E-state index < -0.39 is 10.0 Å². The summed E-state index contributed by atoms with van der Waals surface area (Å²) in [6.07, 6.45) is 0. The molecule has 2 aromatic rings. The second-order valence-electron chi connectivity index (χ2n) is 6.87. The summed E-state index contributed by atoms with van der Waals surface area (Å²) in [6.45, 7) is 2.36. The molecule has 1 aliphatic rings. The average molecular weight is 449 g/mol. The molecule has 1 saturated heterocycles. The Morgan fingerprint density at radius 3 is 2.17 bits per heavy atom. The summed E-state index contributed by atoms with van der Waals surface area (Å²) in [7, 11) is -0.00112. The topological polar surface area (TPSA) is 91.0 Å². The van der Waals surface area contributed by atoms with Gasteiger partial charge in [0.2, 0.25) is 10.0 Å². The highest BCUT2D eigenvalue weighted by molar-refractivity contribution is 7.89. The average Bonchev–Trinajstić information content (AvgIpc) is 2.74. The maximum absolute atomic E-state index is 12.8. The molecule has 2 aromatic carbocycles. The van der Waals surface area contributed by atoms with Crippen LogP contribution in [0.4, 0.5) is 5.69 Å². The van der Waals surface area contributed by atoms with E-state index in [-0.39, 0.29) is 15.9 Å². The minimum atomic E-state index is -3.53. The van der Waals surface area contributed by atoms with Gasteiger partial charge in [-0.3, -0.25) is 10.1 Å². The van der Waals surface area contributed by atoms with Crippen molar-refractivity contribution in [1.82, 2.24) is 14.5 Å². The van der Waals surface area contributed by atoms with E-state index in [1.54, 1.807) is 43.5 Å². The zero-order valence-electron chi connectivity index (χ0n) is 16.8. The predicted octanol–water partition coefficient (Wildman–Crippen LogP) is 1.76. The number of likely N-dealkylation sites (N-methyl/N-ethyl adjacent to an activating group) is 1. The number of rotatable bonds is 5. The van der Waals surface area contributed by atoms with Crippen LogP contribution in [0.25, 0.3) is 0 Å². The smallest absolute Gasteiger partial charge is 0.257 e. The summed E-state index contributed by atoms with van der Waals surface area (Å²) in [5, 5.41) is 5.60. The first-order valence-corrected chi connectivity index (χ1v) is 11.2. The minimum Gasteiger partial charge on any atom is -0.497 e. The lowest BCUT2D eigenvalue weighted by Gasteiger charge is -2.31. The van der Waals surface area contributed by atoms with Crippen LogP contribution in [0.5, 0.6) is 5.75 Å². The molecule has 0 aromatic heterocycles. The van der Waals surface area contributed by atoms with E-state index in [2.05, 4.69) is 15.5 Å². The molecule has 1 amide bonds. The van der Waals surface area contributed by atoms with Crippen LogP contribution in [0.15, 0.2) is 53.4 Å². The summed E-state index contributed by atoms with van der Waals surface area (Å²) in [4.78, 5) is 14.6. The van der Waals surface area contributed by atoms with Crippen molar-refractivity contribution >= 4 is 38.9 Å². The lowest BCUT2D eigenvalue weighted by molar-refractivity contribution is 0.0977. The second kappa shape index (κ2) is 9.52. The molecule has 0 unspecified atom stereocenters. The number of nitrogens with one attached hydrogen (secondary N) is 2. The van der Waals surface area contributed by atoms with Gasteiger partial charge in [0, 0.05) is 37.4 Å². The van der Waals surface area contributed by atoms with E-state index in [1.165, 1.54) is 16.4 Å². The fourth-order valence-corrected chi connectivity index (χ4v) is 4.60. The van der Waals surface area contributed by atoms with Gasteiger partial charge >= 0.3 is 0 Å². The zero-order valence-corrected chi connectivity index (χ0v) is 18.4. The molecule has 0 aliphatic carbocycles. The predicted molar refractivity (Wildman–Crippen MR) is 119 cm³/mol. The van der Waals surface area contributed by atoms with Gasteiger partial charge < -0.3 is 15.0 Å². The third-order valence-electron chi connectivity index (χ3n) is 4.79. The van der Waals surface area contributed by atoms with Crippen LogP contribution in [0, 0.1) is 0 Å². The third kappa shape index (κ3) is 5.33. The molecule has 30 heavy (non-hydrogen) atoms. The molecule has 160 valence electrons. The van der Waals surface area contributed by atoms with Crippen molar-refractivity contribution in [1.29, 1.82) is 0 Å². The maximum atomic E-state index is 12.8. The lowest BCUT2D eigenvalue weighted by atomic mass is 10.2. The van der Waals surface area contributed by atoms with Gasteiger partial charge in [0.1, 0.15) is 5.75 Å². The number of carbonyl (C=O) groups is 1. The summed E-state index contributed by atoms with van der Waals surface area (Å²) >= 11 is 5.18. The molecule has 0 spiro atoms. The quantitative estimate of drug-likeness (QED) is 0.674. The van der Waals surface area contributed by atoms with Crippen LogP contribution in [-0.2, 0) is 10.0 Å². The molecule has 0 atom stereocenters. The molecule has 1 aliphatic heterocycles. The van der Waals surface area contributed by atoms with Crippen LogP contribution in [0.2, 0.25) is 0 Å². The Labute approximate surface area is 181 Å². The highest BCUT2D eigenvalue weighted by atomic mass is 32.2. The third-order valence-corrected chi connectivity index (χ3v) is 6.91. The number of thiocarbonyl (C=S) groups is 1. The van der Waals surface area contributed by atoms with Crippen molar-refractivity contribution in [2.75, 3.05) is 45.7 Å². The fraction of sp³-hybridized carbons (Fsp3) is 0.300. The Hall–Kier alpha value is -2.53. The van der Waals surface area contributed by atoms with Gasteiger partial charge in [0.05, 0.1) is 12.0 Å². The molecular weight excluding hydrogens is 424 g/mol. The van der Waals surface area contributed by atoms with Crippen LogP contribution in [0.3, 0.4) is 0 Å². The van der Waals surface area contributed by atoms with E-state index in [4.69, 9.17) is 17.0 Å². The number of sulfonamides is 1. The van der Waals surface area contributed by atoms with Crippen molar-refractivity contribution in [3.05, 3.63) is 54.1 Å². The van der Waals surface area contributed by atoms with Crippen LogP contribution in [-0.4, -0.2) is 69.0 Å². The first-order valence-electron chi connectivity index (χ1n) is 9.35. The Bertz CT molecular complexity index is 1000. The monoisotopic (exact) mass is 448 g/mol. The Kier molecular flexibility index (Phi) is 7.03. The number of anilines is 1. The van der Waals surface area contributed by atoms with Gasteiger partial charge in [-0.2, -0.15) is 4.31 Å². The second-order valence-corrected chi connectivity index (χ2v) is 9.21. The number of benzene rings is 2. The zero-order chi connectivity index (χ0) is 21.7. The number of carbonyl (C=O) groups excluding carboxylic acids is 1. The van der Waals surface area contributed by atoms with E-state index in [1.807, 2.05) is 7.05 Å². The molecule has 10 heteroatoms. The van der Waals surface area contributed by atoms with Crippen molar-refractivity contribution in [2.45, 2.75) is 4.90 Å². The molecule has 2 N–H and O–H groups in total. The summed E-state index contributed by atoms with van der Waals surface area (Å²) in [6, 6.07) is 12.9. The number of nitrogens with zero attached hydrogens (tertiary/aromatic N) is 2. The standard InChI is InChI=1S/C20H24N4O4S2/c1-23-11-13-24(14-12-23)30(26,27)18-9-5-16(6-10-18)21-20(29)22-19(25)15-3-7-17(28-2)8-4-15/h3-10H,11-14H2,1-2H3,(H2,21,22,25,29). The van der Waals surface area contributed by atoms with Gasteiger partial charge in [-0.1, -0.05) is 0 Å². The van der Waals surface area contributed by atoms with Crippen LogP contribution < -0.4 is 15.4 Å². The number of hydrogen-bond donors (Lipinski definition) is 2. The number of piperazine rings is 1. The largest absolute Gasteiger partial charge is 0.497 e. The van der Waals surface area contributed by atoms with E-state index in [0.29, 0.717) is 43.2 Å². The highest BCUT2D eigenvalue weighted by Gasteiger charge is 2.27. The fourth-order valence-electron chi connectivity index (χ4n) is 2.97. The molecule has 8 nitrogen and oxygen atoms in total. The van der Waals surface area contributed by atoms with Gasteiger partial charge in [0.15, 0.2) is 5.11 Å². The highest BCUT2D eigenvalue weighted by Crippen LogP contribution is 2.19. The van der Waals surface area contributed by atoms with Crippen LogP contribution in [0.1, 0.15) is 10.4 Å². The molecular formula is C20H24N4O4S2. The molecule has 1 heterocycles. The summed E-state index contributed by atoms with van der Waals surface area (Å²) < 4.78 is 32.1. The molecule has 0 saturated carbocycles. The first kappa shape index (κ1) is 22.2. The Morgan fingerprint density at radius 1 is 1.00 bits per heavy atom. The SMILES string of the molecule is COc1ccc(C(=O)NC(=S)Nc2ccc(S(=O)(=O)N3CCN(C)CC3)cc2)cc1. The van der Waals surface area contributed by atoms with Gasteiger partial charge in [-0.05, 0) is 67.8 Å². The number of ether oxygens (including phenoxy) is 1. The van der Waals surface area contributed by atoms with Crippen molar-refractivity contribution in [3.8, 4) is 5.75 Å². The van der Waals surface area contributed by atoms with Crippen molar-refractivity contribution in [2.24, 2.45) is 0 Å².